The molecule has 1 saturated carbocycles. The van der Waals surface area contributed by atoms with Gasteiger partial charge < -0.3 is 10.6 Å². The highest BCUT2D eigenvalue weighted by Gasteiger charge is 2.31. The maximum atomic E-state index is 12.8. The Morgan fingerprint density at radius 3 is 1.15 bits per heavy atom. The molecule has 3 aliphatic rings. The maximum absolute atomic E-state index is 12.8. The summed E-state index contributed by atoms with van der Waals surface area (Å²) in [5.41, 5.74) is 1.08. The van der Waals surface area contributed by atoms with Gasteiger partial charge in [0.15, 0.2) is 0 Å². The van der Waals surface area contributed by atoms with Crippen LogP contribution in [0.15, 0.2) is 58.3 Å². The number of rotatable bonds is 8. The van der Waals surface area contributed by atoms with Crippen molar-refractivity contribution >= 4 is 43.2 Å². The van der Waals surface area contributed by atoms with Crippen molar-refractivity contribution in [1.29, 1.82) is 0 Å². The lowest BCUT2D eigenvalue weighted by atomic mass is 9.81. The van der Waals surface area contributed by atoms with Crippen molar-refractivity contribution in [3.8, 4) is 0 Å². The third kappa shape index (κ3) is 6.24. The van der Waals surface area contributed by atoms with Crippen LogP contribution < -0.4 is 10.6 Å². The molecular formula is C28H36N4O6S2. The molecule has 40 heavy (non-hydrogen) atoms. The van der Waals surface area contributed by atoms with Gasteiger partial charge in [0.25, 0.3) is 0 Å². The van der Waals surface area contributed by atoms with Crippen LogP contribution in [0.25, 0.3) is 0 Å². The predicted molar refractivity (Wildman–Crippen MR) is 152 cm³/mol. The third-order valence-corrected chi connectivity index (χ3v) is 11.9. The first-order valence-corrected chi connectivity index (χ1v) is 16.8. The first kappa shape index (κ1) is 28.7. The summed E-state index contributed by atoms with van der Waals surface area (Å²) in [6.07, 6.45) is 5.75. The first-order valence-electron chi connectivity index (χ1n) is 14.0. The highest BCUT2D eigenvalue weighted by atomic mass is 32.2. The second kappa shape index (κ2) is 12.0. The van der Waals surface area contributed by atoms with Crippen LogP contribution >= 0.6 is 0 Å². The van der Waals surface area contributed by atoms with Gasteiger partial charge >= 0.3 is 0 Å². The van der Waals surface area contributed by atoms with Crippen molar-refractivity contribution in [3.05, 3.63) is 48.5 Å². The van der Waals surface area contributed by atoms with Crippen molar-refractivity contribution in [2.45, 2.75) is 61.2 Å². The van der Waals surface area contributed by atoms with E-state index in [4.69, 9.17) is 0 Å². The van der Waals surface area contributed by atoms with Crippen LogP contribution in [-0.4, -0.2) is 63.4 Å². The van der Waals surface area contributed by atoms with Gasteiger partial charge in [-0.1, -0.05) is 0 Å². The number of nitrogens with zero attached hydrogens (tertiary/aromatic N) is 2. The lowest BCUT2D eigenvalue weighted by molar-refractivity contribution is -0.125. The summed E-state index contributed by atoms with van der Waals surface area (Å²) < 4.78 is 53.8. The van der Waals surface area contributed by atoms with Crippen molar-refractivity contribution in [2.75, 3.05) is 36.8 Å². The average molecular weight is 589 g/mol. The van der Waals surface area contributed by atoms with Gasteiger partial charge in [0, 0.05) is 49.4 Å². The molecule has 5 rings (SSSR count). The van der Waals surface area contributed by atoms with E-state index in [9.17, 15) is 26.4 Å². The highest BCUT2D eigenvalue weighted by Crippen LogP contribution is 2.31. The Morgan fingerprint density at radius 1 is 0.550 bits per heavy atom. The SMILES string of the molecule is O=C(Nc1ccc(S(=O)(=O)N2CCCC2)cc1)C1CCC(C(=O)Nc2ccc(S(=O)(=O)N3CCCC3)cc2)CC1. The summed E-state index contributed by atoms with van der Waals surface area (Å²) in [7, 11) is -7.00. The van der Waals surface area contributed by atoms with E-state index in [-0.39, 0.29) is 33.4 Å². The quantitative estimate of drug-likeness (QED) is 0.484. The van der Waals surface area contributed by atoms with E-state index in [1.165, 1.54) is 32.9 Å². The number of benzene rings is 2. The van der Waals surface area contributed by atoms with E-state index in [2.05, 4.69) is 10.6 Å². The standard InChI is InChI=1S/C28H36N4O6S2/c33-27(29-23-9-13-25(14-10-23)39(35,36)31-17-1-2-18-31)21-5-7-22(8-6-21)28(34)30-24-11-15-26(16-12-24)40(37,38)32-19-3-4-20-32/h9-16,21-22H,1-8,17-20H2,(H,29,33)(H,30,34). The van der Waals surface area contributed by atoms with Crippen molar-refractivity contribution < 1.29 is 26.4 Å². The molecule has 0 aromatic heterocycles. The number of anilines is 2. The Kier molecular flexibility index (Phi) is 8.60. The molecule has 0 radical (unpaired) electrons. The van der Waals surface area contributed by atoms with Crippen LogP contribution in [0.1, 0.15) is 51.4 Å². The van der Waals surface area contributed by atoms with Gasteiger partial charge in [-0.3, -0.25) is 9.59 Å². The summed E-state index contributed by atoms with van der Waals surface area (Å²) in [6, 6.07) is 12.6. The molecule has 2 aromatic rings. The zero-order chi connectivity index (χ0) is 28.3. The van der Waals surface area contributed by atoms with Crippen LogP contribution in [0.4, 0.5) is 11.4 Å². The van der Waals surface area contributed by atoms with Crippen LogP contribution in [0.2, 0.25) is 0 Å². The number of sulfonamides is 2. The number of carbonyl (C=O) groups excluding carboxylic acids is 2. The highest BCUT2D eigenvalue weighted by molar-refractivity contribution is 7.89. The molecule has 0 atom stereocenters. The zero-order valence-electron chi connectivity index (χ0n) is 22.4. The van der Waals surface area contributed by atoms with E-state index < -0.39 is 20.0 Å². The Morgan fingerprint density at radius 2 is 0.850 bits per heavy atom. The Labute approximate surface area is 236 Å². The second-order valence-corrected chi connectivity index (χ2v) is 14.7. The molecule has 0 unspecified atom stereocenters. The molecule has 2 saturated heterocycles. The summed E-state index contributed by atoms with van der Waals surface area (Å²) in [5, 5.41) is 5.76. The minimum absolute atomic E-state index is 0.135. The summed E-state index contributed by atoms with van der Waals surface area (Å²) in [5.74, 6) is -0.730. The van der Waals surface area contributed by atoms with Crippen molar-refractivity contribution in [2.24, 2.45) is 11.8 Å². The molecule has 10 nitrogen and oxygen atoms in total. The lowest BCUT2D eigenvalue weighted by Crippen LogP contribution is -2.32. The summed E-state index contributed by atoms with van der Waals surface area (Å²) in [6.45, 7) is 2.15. The van der Waals surface area contributed by atoms with Gasteiger partial charge in [-0.25, -0.2) is 16.8 Å². The number of hydrogen-bond donors (Lipinski definition) is 2. The molecule has 0 spiro atoms. The normalized spacial score (nSPS) is 22.7. The van der Waals surface area contributed by atoms with Gasteiger partial charge in [-0.15, -0.1) is 0 Å². The van der Waals surface area contributed by atoms with Gasteiger partial charge in [0.1, 0.15) is 0 Å². The van der Waals surface area contributed by atoms with Crippen LogP contribution in [0.5, 0.6) is 0 Å². The van der Waals surface area contributed by atoms with Gasteiger partial charge in [-0.2, -0.15) is 8.61 Å². The van der Waals surface area contributed by atoms with E-state index >= 15 is 0 Å². The molecule has 2 aliphatic heterocycles. The minimum Gasteiger partial charge on any atom is -0.326 e. The van der Waals surface area contributed by atoms with Crippen molar-refractivity contribution in [1.82, 2.24) is 8.61 Å². The molecule has 1 aliphatic carbocycles. The van der Waals surface area contributed by atoms with E-state index in [0.29, 0.717) is 63.2 Å². The number of nitrogens with one attached hydrogen (secondary N) is 2. The van der Waals surface area contributed by atoms with Crippen LogP contribution in [-0.2, 0) is 29.6 Å². The molecule has 12 heteroatoms. The van der Waals surface area contributed by atoms with E-state index in [1.807, 2.05) is 0 Å². The lowest BCUT2D eigenvalue weighted by Gasteiger charge is -2.27. The molecule has 2 amide bonds. The fourth-order valence-electron chi connectivity index (χ4n) is 5.68. The summed E-state index contributed by atoms with van der Waals surface area (Å²) in [4.78, 5) is 26.1. The number of carbonyl (C=O) groups is 2. The maximum Gasteiger partial charge on any atom is 0.243 e. The number of hydrogen-bond acceptors (Lipinski definition) is 6. The number of amides is 2. The Balaban J connectivity index is 1.10. The fourth-order valence-corrected chi connectivity index (χ4v) is 8.72. The van der Waals surface area contributed by atoms with Gasteiger partial charge in [0.05, 0.1) is 9.79 Å². The first-order chi connectivity index (χ1) is 19.1. The Hall–Kier alpha value is -2.80. The summed E-state index contributed by atoms with van der Waals surface area (Å²) >= 11 is 0. The van der Waals surface area contributed by atoms with Crippen molar-refractivity contribution in [3.63, 3.8) is 0 Å². The van der Waals surface area contributed by atoms with Crippen LogP contribution in [0, 0.1) is 11.8 Å². The van der Waals surface area contributed by atoms with Gasteiger partial charge in [0.2, 0.25) is 31.9 Å². The molecule has 2 heterocycles. The monoisotopic (exact) mass is 588 g/mol. The third-order valence-electron chi connectivity index (χ3n) is 8.12. The Bertz CT molecular complexity index is 1310. The van der Waals surface area contributed by atoms with Crippen LogP contribution in [0.3, 0.4) is 0 Å². The molecule has 3 fully saturated rings. The largest absolute Gasteiger partial charge is 0.326 e. The molecule has 2 aromatic carbocycles. The smallest absolute Gasteiger partial charge is 0.243 e. The fraction of sp³-hybridized carbons (Fsp3) is 0.500. The molecule has 216 valence electrons. The molecule has 2 N–H and O–H groups in total. The van der Waals surface area contributed by atoms with Gasteiger partial charge in [-0.05, 0) is 99.9 Å². The average Bonchev–Trinajstić information content (AvgIpc) is 3.70. The van der Waals surface area contributed by atoms with E-state index in [0.717, 1.165) is 25.7 Å². The molecule has 0 bridgehead atoms. The zero-order valence-corrected chi connectivity index (χ0v) is 24.1. The minimum atomic E-state index is -3.50. The molecular weight excluding hydrogens is 552 g/mol. The van der Waals surface area contributed by atoms with E-state index in [1.54, 1.807) is 24.3 Å². The predicted octanol–water partition coefficient (Wildman–Crippen LogP) is 3.64. The topological polar surface area (TPSA) is 133 Å². The second-order valence-electron chi connectivity index (χ2n) is 10.8.